The smallest absolute Gasteiger partial charge is 0.270 e. The Morgan fingerprint density at radius 2 is 2.23 bits per heavy atom. The number of nitrogens with zero attached hydrogens (tertiary/aromatic N) is 2. The maximum Gasteiger partial charge on any atom is 0.270 e. The van der Waals surface area contributed by atoms with Gasteiger partial charge in [0.25, 0.3) is 5.56 Å². The number of methoxy groups -OCH3 is 1. The molecule has 6 nitrogen and oxygen atoms in total. The van der Waals surface area contributed by atoms with Crippen molar-refractivity contribution >= 4 is 11.8 Å². The molecule has 22 heavy (non-hydrogen) atoms. The topological polar surface area (TPSA) is 88.0 Å². The molecule has 0 radical (unpaired) electrons. The molecule has 2 rings (SSSR count). The molecular weight excluding hydrogens is 302 g/mol. The van der Waals surface area contributed by atoms with Gasteiger partial charge in [-0.15, -0.1) is 0 Å². The largest absolute Gasteiger partial charge is 0.491 e. The quantitative estimate of drug-likeness (QED) is 0.498. The number of benzene rings is 1. The second-order valence-electron chi connectivity index (χ2n) is 4.28. The van der Waals surface area contributed by atoms with Crippen LogP contribution in [0.5, 0.6) is 5.75 Å². The van der Waals surface area contributed by atoms with E-state index >= 15 is 0 Å². The van der Waals surface area contributed by atoms with E-state index in [4.69, 9.17) is 9.47 Å². The van der Waals surface area contributed by atoms with Crippen LogP contribution in [0.15, 0.2) is 34.2 Å². The van der Waals surface area contributed by atoms with Crippen LogP contribution in [0.25, 0.3) is 11.3 Å². The monoisotopic (exact) mass is 317 g/mol. The Balaban J connectivity index is 2.43. The summed E-state index contributed by atoms with van der Waals surface area (Å²) >= 11 is 1.31. The first-order valence-corrected chi connectivity index (χ1v) is 7.72. The second kappa shape index (κ2) is 7.64. The molecule has 0 fully saturated rings. The lowest BCUT2D eigenvalue weighted by Gasteiger charge is -2.09. The Morgan fingerprint density at radius 1 is 1.41 bits per heavy atom. The van der Waals surface area contributed by atoms with Crippen molar-refractivity contribution in [3.8, 4) is 23.1 Å². The van der Waals surface area contributed by atoms with Crippen molar-refractivity contribution in [1.82, 2.24) is 9.97 Å². The van der Waals surface area contributed by atoms with Gasteiger partial charge in [0, 0.05) is 12.7 Å². The van der Waals surface area contributed by atoms with Gasteiger partial charge in [0.15, 0.2) is 5.16 Å². The van der Waals surface area contributed by atoms with Crippen LogP contribution in [0.2, 0.25) is 0 Å². The van der Waals surface area contributed by atoms with Crippen molar-refractivity contribution < 1.29 is 9.47 Å². The number of aromatic amines is 1. The molecule has 1 heterocycles. The number of rotatable bonds is 6. The van der Waals surface area contributed by atoms with E-state index in [-0.39, 0.29) is 5.56 Å². The Hall–Kier alpha value is -2.30. The molecule has 0 saturated heterocycles. The van der Waals surface area contributed by atoms with Gasteiger partial charge in [-0.05, 0) is 18.4 Å². The van der Waals surface area contributed by atoms with E-state index in [0.29, 0.717) is 35.4 Å². The summed E-state index contributed by atoms with van der Waals surface area (Å²) in [7, 11) is 1.60. The van der Waals surface area contributed by atoms with Gasteiger partial charge in [-0.3, -0.25) is 4.79 Å². The molecule has 0 aliphatic heterocycles. The van der Waals surface area contributed by atoms with Gasteiger partial charge in [0.05, 0.1) is 12.3 Å². The SMILES string of the molecule is COCCOc1cccc(-c2nc(SC)[nH]c(=O)c2C#N)c1. The minimum absolute atomic E-state index is 0.00755. The third kappa shape index (κ3) is 3.67. The Morgan fingerprint density at radius 3 is 2.91 bits per heavy atom. The lowest BCUT2D eigenvalue weighted by Crippen LogP contribution is -2.14. The summed E-state index contributed by atoms with van der Waals surface area (Å²) in [6.45, 7) is 0.900. The van der Waals surface area contributed by atoms with Crippen molar-refractivity contribution in [1.29, 1.82) is 5.26 Å². The first-order chi connectivity index (χ1) is 10.7. The van der Waals surface area contributed by atoms with Gasteiger partial charge in [-0.25, -0.2) is 4.98 Å². The average molecular weight is 317 g/mol. The maximum atomic E-state index is 11.9. The van der Waals surface area contributed by atoms with Crippen LogP contribution in [-0.2, 0) is 4.74 Å². The zero-order valence-electron chi connectivity index (χ0n) is 12.3. The number of nitrogens with one attached hydrogen (secondary N) is 1. The summed E-state index contributed by atoms with van der Waals surface area (Å²) in [6.07, 6.45) is 1.80. The van der Waals surface area contributed by atoms with Crippen LogP contribution in [0.4, 0.5) is 0 Å². The number of hydrogen-bond donors (Lipinski definition) is 1. The summed E-state index contributed by atoms with van der Waals surface area (Å²) < 4.78 is 10.5. The molecule has 114 valence electrons. The van der Waals surface area contributed by atoms with Crippen molar-refractivity contribution in [3.05, 3.63) is 40.2 Å². The molecule has 0 unspecified atom stereocenters. The minimum atomic E-state index is -0.442. The number of aromatic nitrogens is 2. The highest BCUT2D eigenvalue weighted by atomic mass is 32.2. The first kappa shape index (κ1) is 16.1. The third-order valence-corrected chi connectivity index (χ3v) is 3.45. The molecule has 1 aromatic heterocycles. The number of ether oxygens (including phenoxy) is 2. The van der Waals surface area contributed by atoms with Crippen LogP contribution in [0.1, 0.15) is 5.56 Å². The Kier molecular flexibility index (Phi) is 5.58. The van der Waals surface area contributed by atoms with E-state index in [1.165, 1.54) is 11.8 Å². The van der Waals surface area contributed by atoms with E-state index in [1.54, 1.807) is 37.6 Å². The fourth-order valence-corrected chi connectivity index (χ4v) is 2.22. The average Bonchev–Trinajstić information content (AvgIpc) is 2.54. The van der Waals surface area contributed by atoms with Crippen molar-refractivity contribution in [2.75, 3.05) is 26.6 Å². The Labute approximate surface area is 132 Å². The van der Waals surface area contributed by atoms with Crippen molar-refractivity contribution in [3.63, 3.8) is 0 Å². The third-order valence-electron chi connectivity index (χ3n) is 2.87. The predicted molar refractivity (Wildman–Crippen MR) is 84.2 cm³/mol. The second-order valence-corrected chi connectivity index (χ2v) is 5.07. The lowest BCUT2D eigenvalue weighted by molar-refractivity contribution is 0.146. The highest BCUT2D eigenvalue weighted by Gasteiger charge is 2.13. The number of H-pyrrole nitrogens is 1. The summed E-state index contributed by atoms with van der Waals surface area (Å²) in [5.41, 5.74) is 0.565. The molecule has 1 aromatic carbocycles. The normalized spacial score (nSPS) is 10.2. The van der Waals surface area contributed by atoms with Crippen LogP contribution < -0.4 is 10.3 Å². The fraction of sp³-hybridized carbons (Fsp3) is 0.267. The number of hydrogen-bond acceptors (Lipinski definition) is 6. The summed E-state index contributed by atoms with van der Waals surface area (Å²) in [5, 5.41) is 9.66. The molecule has 0 amide bonds. The van der Waals surface area contributed by atoms with Gasteiger partial charge in [0.1, 0.15) is 24.0 Å². The number of thioether (sulfide) groups is 1. The lowest BCUT2D eigenvalue weighted by atomic mass is 10.1. The Bertz CT molecular complexity index is 752. The van der Waals surface area contributed by atoms with Gasteiger partial charge >= 0.3 is 0 Å². The predicted octanol–water partition coefficient (Wildman–Crippen LogP) is 2.06. The number of nitriles is 1. The van der Waals surface area contributed by atoms with Crippen molar-refractivity contribution in [2.24, 2.45) is 0 Å². The minimum Gasteiger partial charge on any atom is -0.491 e. The van der Waals surface area contributed by atoms with E-state index in [9.17, 15) is 10.1 Å². The van der Waals surface area contributed by atoms with E-state index in [0.717, 1.165) is 0 Å². The highest BCUT2D eigenvalue weighted by molar-refractivity contribution is 7.98. The zero-order chi connectivity index (χ0) is 15.9. The molecular formula is C15H15N3O3S. The van der Waals surface area contributed by atoms with E-state index in [1.807, 2.05) is 6.07 Å². The van der Waals surface area contributed by atoms with Gasteiger partial charge in [-0.2, -0.15) is 5.26 Å². The maximum absolute atomic E-state index is 11.9. The molecule has 0 atom stereocenters. The summed E-state index contributed by atoms with van der Waals surface area (Å²) in [4.78, 5) is 18.8. The van der Waals surface area contributed by atoms with Gasteiger partial charge < -0.3 is 14.5 Å². The zero-order valence-corrected chi connectivity index (χ0v) is 13.1. The van der Waals surface area contributed by atoms with Crippen LogP contribution in [0.3, 0.4) is 0 Å². The standard InChI is InChI=1S/C15H15N3O3S/c1-20-6-7-21-11-5-3-4-10(8-11)13-12(9-16)14(19)18-15(17-13)22-2/h3-5,8H,6-7H2,1-2H3,(H,17,18,19). The fourth-order valence-electron chi connectivity index (χ4n) is 1.84. The van der Waals surface area contributed by atoms with Gasteiger partial charge in [0.2, 0.25) is 0 Å². The van der Waals surface area contributed by atoms with E-state index in [2.05, 4.69) is 9.97 Å². The molecule has 0 bridgehead atoms. The van der Waals surface area contributed by atoms with Crippen LogP contribution >= 0.6 is 11.8 Å². The molecule has 0 saturated carbocycles. The summed E-state index contributed by atoms with van der Waals surface area (Å²) in [5.74, 6) is 0.631. The molecule has 0 spiro atoms. The highest BCUT2D eigenvalue weighted by Crippen LogP contribution is 2.25. The summed E-state index contributed by atoms with van der Waals surface area (Å²) in [6, 6.07) is 9.04. The van der Waals surface area contributed by atoms with Crippen LogP contribution in [0, 0.1) is 11.3 Å². The first-order valence-electron chi connectivity index (χ1n) is 6.50. The van der Waals surface area contributed by atoms with E-state index < -0.39 is 5.56 Å². The van der Waals surface area contributed by atoms with Gasteiger partial charge in [-0.1, -0.05) is 23.9 Å². The van der Waals surface area contributed by atoms with Crippen LogP contribution in [-0.4, -0.2) is 36.5 Å². The molecule has 1 N–H and O–H groups in total. The van der Waals surface area contributed by atoms with Crippen molar-refractivity contribution in [2.45, 2.75) is 5.16 Å². The molecule has 0 aliphatic rings. The molecule has 2 aromatic rings. The molecule has 7 heteroatoms. The molecule has 0 aliphatic carbocycles.